The van der Waals surface area contributed by atoms with E-state index < -0.39 is 0 Å². The fraction of sp³-hybridized carbons (Fsp3) is 0.164. The lowest BCUT2D eigenvalue weighted by Gasteiger charge is -2.41. The van der Waals surface area contributed by atoms with Crippen molar-refractivity contribution in [2.45, 2.75) is 51.4 Å². The highest BCUT2D eigenvalue weighted by atomic mass is 16.3. The predicted octanol–water partition coefficient (Wildman–Crippen LogP) is 15.2. The smallest absolute Gasteiger partial charge is 0.143 e. The van der Waals surface area contributed by atoms with Gasteiger partial charge in [0.05, 0.1) is 0 Å². The SMILES string of the molecule is CC1(C)c2ccccc2-c2c1ccc1c2oc2c(-c3ccc(N(c4ccc(-c5ccccc5)cc4)c4ccc5c(c4)C(C)(C)C4(C)C=CC=CC54)cc3)cccc21. The molecule has 3 aliphatic carbocycles. The van der Waals surface area contributed by atoms with Crippen LogP contribution >= 0.6 is 0 Å². The van der Waals surface area contributed by atoms with Gasteiger partial charge in [-0.3, -0.25) is 0 Å². The maximum absolute atomic E-state index is 6.99. The minimum absolute atomic E-state index is 0.0177. The zero-order chi connectivity index (χ0) is 38.7. The van der Waals surface area contributed by atoms with Gasteiger partial charge in [-0.15, -0.1) is 0 Å². The average molecular weight is 736 g/mol. The van der Waals surface area contributed by atoms with E-state index in [1.54, 1.807) is 0 Å². The van der Waals surface area contributed by atoms with Gasteiger partial charge < -0.3 is 9.32 Å². The summed E-state index contributed by atoms with van der Waals surface area (Å²) in [6.45, 7) is 11.9. The predicted molar refractivity (Wildman–Crippen MR) is 239 cm³/mol. The molecule has 0 fully saturated rings. The van der Waals surface area contributed by atoms with Crippen molar-refractivity contribution in [2.75, 3.05) is 4.90 Å². The number of furan rings is 1. The summed E-state index contributed by atoms with van der Waals surface area (Å²) in [7, 11) is 0. The summed E-state index contributed by atoms with van der Waals surface area (Å²) in [6.07, 6.45) is 9.25. The molecule has 0 saturated carbocycles. The monoisotopic (exact) mass is 735 g/mol. The lowest BCUT2D eigenvalue weighted by molar-refractivity contribution is 0.245. The number of hydrogen-bond acceptors (Lipinski definition) is 2. The Morgan fingerprint density at radius 2 is 1.14 bits per heavy atom. The Hall–Kier alpha value is -6.38. The van der Waals surface area contributed by atoms with Crippen molar-refractivity contribution in [3.63, 3.8) is 0 Å². The maximum Gasteiger partial charge on any atom is 0.143 e. The Kier molecular flexibility index (Phi) is 7.18. The average Bonchev–Trinajstić information content (AvgIpc) is 3.80. The van der Waals surface area contributed by atoms with Crippen LogP contribution in [0.2, 0.25) is 0 Å². The minimum atomic E-state index is -0.0790. The van der Waals surface area contributed by atoms with E-state index in [0.29, 0.717) is 5.92 Å². The highest BCUT2D eigenvalue weighted by Gasteiger charge is 2.53. The van der Waals surface area contributed by atoms with E-state index in [4.69, 9.17) is 4.42 Å². The zero-order valence-corrected chi connectivity index (χ0v) is 33.2. The molecule has 0 saturated heterocycles. The molecule has 3 aliphatic rings. The molecule has 7 aromatic carbocycles. The van der Waals surface area contributed by atoms with Gasteiger partial charge in [-0.2, -0.15) is 0 Å². The van der Waals surface area contributed by atoms with Gasteiger partial charge in [0, 0.05) is 55.7 Å². The lowest BCUT2D eigenvalue weighted by Crippen LogP contribution is -2.36. The molecule has 57 heavy (non-hydrogen) atoms. The molecule has 0 spiro atoms. The number of rotatable bonds is 5. The summed E-state index contributed by atoms with van der Waals surface area (Å²) in [5.74, 6) is 0.364. The van der Waals surface area contributed by atoms with Gasteiger partial charge in [0.15, 0.2) is 0 Å². The molecule has 2 atom stereocenters. The van der Waals surface area contributed by atoms with Crippen LogP contribution in [0.5, 0.6) is 0 Å². The van der Waals surface area contributed by atoms with Gasteiger partial charge in [0.25, 0.3) is 0 Å². The van der Waals surface area contributed by atoms with E-state index in [2.05, 4.69) is 215 Å². The van der Waals surface area contributed by atoms with E-state index in [-0.39, 0.29) is 16.2 Å². The first-order valence-electron chi connectivity index (χ1n) is 20.3. The number of anilines is 3. The molecule has 1 aromatic heterocycles. The fourth-order valence-corrected chi connectivity index (χ4v) is 10.5. The molecule has 2 unspecified atom stereocenters. The summed E-state index contributed by atoms with van der Waals surface area (Å²) in [6, 6.07) is 55.8. The van der Waals surface area contributed by atoms with Crippen molar-refractivity contribution in [3.8, 4) is 33.4 Å². The van der Waals surface area contributed by atoms with E-state index in [1.165, 1.54) is 49.9 Å². The summed E-state index contributed by atoms with van der Waals surface area (Å²) in [5, 5.41) is 2.32. The minimum Gasteiger partial charge on any atom is -0.455 e. The molecular weight excluding hydrogens is 691 g/mol. The summed E-state index contributed by atoms with van der Waals surface area (Å²) >= 11 is 0. The first-order chi connectivity index (χ1) is 27.6. The van der Waals surface area contributed by atoms with Crippen molar-refractivity contribution in [1.82, 2.24) is 0 Å². The topological polar surface area (TPSA) is 16.4 Å². The van der Waals surface area contributed by atoms with E-state index in [9.17, 15) is 0 Å². The highest BCUT2D eigenvalue weighted by molar-refractivity contribution is 6.14. The quantitative estimate of drug-likeness (QED) is 0.175. The largest absolute Gasteiger partial charge is 0.455 e. The molecule has 0 N–H and O–H groups in total. The fourth-order valence-electron chi connectivity index (χ4n) is 10.5. The number of hydrogen-bond donors (Lipinski definition) is 0. The normalized spacial score (nSPS) is 19.4. The van der Waals surface area contributed by atoms with E-state index >= 15 is 0 Å². The van der Waals surface area contributed by atoms with Gasteiger partial charge in [0.1, 0.15) is 11.2 Å². The van der Waals surface area contributed by atoms with Gasteiger partial charge in [-0.25, -0.2) is 0 Å². The summed E-state index contributed by atoms with van der Waals surface area (Å²) in [5.41, 5.74) is 17.9. The molecule has 276 valence electrons. The van der Waals surface area contributed by atoms with Crippen LogP contribution in [0.3, 0.4) is 0 Å². The van der Waals surface area contributed by atoms with Crippen LogP contribution in [0.4, 0.5) is 17.1 Å². The van der Waals surface area contributed by atoms with Gasteiger partial charge >= 0.3 is 0 Å². The van der Waals surface area contributed by atoms with Gasteiger partial charge in [-0.1, -0.05) is 174 Å². The third-order valence-corrected chi connectivity index (χ3v) is 14.0. The molecule has 0 bridgehead atoms. The van der Waals surface area contributed by atoms with Crippen molar-refractivity contribution < 1.29 is 4.42 Å². The second-order valence-corrected chi connectivity index (χ2v) is 17.5. The Morgan fingerprint density at radius 1 is 0.491 bits per heavy atom. The number of allylic oxidation sites excluding steroid dienone is 4. The van der Waals surface area contributed by atoms with Gasteiger partial charge in [0.2, 0.25) is 0 Å². The van der Waals surface area contributed by atoms with Crippen LogP contribution in [0.1, 0.15) is 62.8 Å². The lowest BCUT2D eigenvalue weighted by atomic mass is 9.62. The summed E-state index contributed by atoms with van der Waals surface area (Å²) < 4.78 is 6.99. The van der Waals surface area contributed by atoms with Crippen LogP contribution in [-0.4, -0.2) is 0 Å². The van der Waals surface area contributed by atoms with E-state index in [0.717, 1.165) is 44.7 Å². The number of para-hydroxylation sites is 1. The Morgan fingerprint density at radius 3 is 1.91 bits per heavy atom. The number of nitrogens with zero attached hydrogens (tertiary/aromatic N) is 1. The molecule has 0 aliphatic heterocycles. The molecule has 1 heterocycles. The molecule has 0 radical (unpaired) electrons. The Bertz CT molecular complexity index is 2960. The van der Waals surface area contributed by atoms with Crippen LogP contribution < -0.4 is 4.90 Å². The van der Waals surface area contributed by atoms with Crippen molar-refractivity contribution in [2.24, 2.45) is 5.41 Å². The van der Waals surface area contributed by atoms with Crippen molar-refractivity contribution >= 4 is 39.0 Å². The van der Waals surface area contributed by atoms with Crippen LogP contribution in [0, 0.1) is 5.41 Å². The Labute approximate surface area is 335 Å². The van der Waals surface area contributed by atoms with Crippen LogP contribution in [0.15, 0.2) is 180 Å². The maximum atomic E-state index is 6.99. The highest BCUT2D eigenvalue weighted by Crippen LogP contribution is 2.62. The molecule has 2 nitrogen and oxygen atoms in total. The third kappa shape index (κ3) is 4.77. The van der Waals surface area contributed by atoms with Crippen LogP contribution in [-0.2, 0) is 10.8 Å². The molecule has 2 heteroatoms. The van der Waals surface area contributed by atoms with Crippen LogP contribution in [0.25, 0.3) is 55.3 Å². The third-order valence-electron chi connectivity index (χ3n) is 14.0. The van der Waals surface area contributed by atoms with Gasteiger partial charge in [-0.05, 0) is 86.3 Å². The standard InChI is InChI=1S/C55H45NO/c1-53(2)46-19-10-9-16-45(46)50-48(53)32-31-43-42-18-13-17-41(51(42)57-52(43)50)37-23-27-39(28-24-37)56(38-25-21-36(22-26-38)35-14-7-6-8-15-35)40-29-30-44-47-20-11-12-33-55(47,5)54(3,4)49(44)34-40/h6-34,47H,1-5H3. The first kappa shape index (κ1) is 33.9. The second-order valence-electron chi connectivity index (χ2n) is 17.5. The second kappa shape index (κ2) is 12.1. The molecule has 0 amide bonds. The van der Waals surface area contributed by atoms with Crippen molar-refractivity contribution in [3.05, 3.63) is 198 Å². The molecule has 8 aromatic rings. The first-order valence-corrected chi connectivity index (χ1v) is 20.3. The zero-order valence-electron chi connectivity index (χ0n) is 33.2. The van der Waals surface area contributed by atoms with Crippen molar-refractivity contribution in [1.29, 1.82) is 0 Å². The molecule has 11 rings (SSSR count). The molecular formula is C55H45NO. The van der Waals surface area contributed by atoms with E-state index in [1.807, 2.05) is 0 Å². The summed E-state index contributed by atoms with van der Waals surface area (Å²) in [4.78, 5) is 2.41. The Balaban J connectivity index is 1.03. The number of benzene rings is 7. The number of fused-ring (bicyclic) bond motifs is 10.